The number of anilines is 1. The number of rotatable bonds is 6. The lowest BCUT2D eigenvalue weighted by Gasteiger charge is -2.19. The van der Waals surface area contributed by atoms with Crippen LogP contribution in [0.5, 0.6) is 0 Å². The summed E-state index contributed by atoms with van der Waals surface area (Å²) in [7, 11) is 0. The van der Waals surface area contributed by atoms with Crippen LogP contribution in [0.3, 0.4) is 0 Å². The minimum atomic E-state index is -0.548. The Bertz CT molecular complexity index is 567. The lowest BCUT2D eigenvalue weighted by molar-refractivity contribution is -0.118. The molecule has 2 amide bonds. The molecule has 4 N–H and O–H groups in total. The van der Waals surface area contributed by atoms with Crippen molar-refractivity contribution < 1.29 is 9.59 Å². The molecule has 1 aliphatic rings. The Hall–Kier alpha value is -1.88. The van der Waals surface area contributed by atoms with E-state index in [0.717, 1.165) is 24.8 Å². The van der Waals surface area contributed by atoms with Crippen molar-refractivity contribution in [2.24, 2.45) is 11.7 Å². The molecular weight excluding hydrogens is 278 g/mol. The Balaban J connectivity index is 2.09. The van der Waals surface area contributed by atoms with Crippen LogP contribution in [-0.2, 0) is 4.79 Å². The molecule has 0 bridgehead atoms. The van der Waals surface area contributed by atoms with Crippen molar-refractivity contribution in [1.82, 2.24) is 5.32 Å². The first kappa shape index (κ1) is 16.5. The van der Waals surface area contributed by atoms with Gasteiger partial charge in [-0.25, -0.2) is 0 Å². The maximum Gasteiger partial charge on any atom is 0.251 e. The van der Waals surface area contributed by atoms with Crippen LogP contribution in [0.4, 0.5) is 5.69 Å². The number of carbonyl (C=O) groups excluding carboxylic acids is 2. The van der Waals surface area contributed by atoms with E-state index < -0.39 is 6.04 Å². The molecule has 0 aliphatic heterocycles. The second-order valence-electron chi connectivity index (χ2n) is 6.18. The average molecular weight is 303 g/mol. The van der Waals surface area contributed by atoms with Gasteiger partial charge in [-0.1, -0.05) is 26.3 Å². The van der Waals surface area contributed by atoms with Crippen LogP contribution in [0.2, 0.25) is 0 Å². The van der Waals surface area contributed by atoms with Gasteiger partial charge in [-0.2, -0.15) is 0 Å². The van der Waals surface area contributed by atoms with Gasteiger partial charge in [0.1, 0.15) is 0 Å². The quantitative estimate of drug-likeness (QED) is 0.753. The van der Waals surface area contributed by atoms with Crippen molar-refractivity contribution >= 4 is 17.5 Å². The molecule has 2 unspecified atom stereocenters. The third-order valence-corrected chi connectivity index (χ3v) is 4.23. The number of hydrogen-bond donors (Lipinski definition) is 3. The molecule has 2 atom stereocenters. The van der Waals surface area contributed by atoms with Gasteiger partial charge in [0.25, 0.3) is 5.91 Å². The number of hydrogen-bond acceptors (Lipinski definition) is 3. The fourth-order valence-corrected chi connectivity index (χ4v) is 2.12. The molecule has 5 heteroatoms. The SMILES string of the molecule is CCC(C)C(N)C(=O)Nc1cc(C(=O)NC2CC2)ccc1C. The third kappa shape index (κ3) is 4.07. The molecule has 0 heterocycles. The predicted molar refractivity (Wildman–Crippen MR) is 87.7 cm³/mol. The maximum absolute atomic E-state index is 12.2. The van der Waals surface area contributed by atoms with Crippen LogP contribution in [0, 0.1) is 12.8 Å². The van der Waals surface area contributed by atoms with E-state index >= 15 is 0 Å². The third-order valence-electron chi connectivity index (χ3n) is 4.23. The van der Waals surface area contributed by atoms with Gasteiger partial charge in [-0.05, 0) is 43.4 Å². The highest BCUT2D eigenvalue weighted by Gasteiger charge is 2.24. The number of amides is 2. The molecule has 1 aliphatic carbocycles. The first-order valence-electron chi connectivity index (χ1n) is 7.90. The normalized spacial score (nSPS) is 16.7. The second-order valence-corrected chi connectivity index (χ2v) is 6.18. The van der Waals surface area contributed by atoms with Gasteiger partial charge in [0.2, 0.25) is 5.91 Å². The highest BCUT2D eigenvalue weighted by Crippen LogP contribution is 2.21. The Labute approximate surface area is 131 Å². The lowest BCUT2D eigenvalue weighted by Crippen LogP contribution is -2.40. The van der Waals surface area contributed by atoms with Crippen molar-refractivity contribution in [2.75, 3.05) is 5.32 Å². The van der Waals surface area contributed by atoms with E-state index in [0.29, 0.717) is 17.3 Å². The van der Waals surface area contributed by atoms with Crippen molar-refractivity contribution in [1.29, 1.82) is 0 Å². The van der Waals surface area contributed by atoms with Gasteiger partial charge in [-0.3, -0.25) is 9.59 Å². The van der Waals surface area contributed by atoms with Crippen LogP contribution < -0.4 is 16.4 Å². The number of aryl methyl sites for hydroxylation is 1. The smallest absolute Gasteiger partial charge is 0.251 e. The van der Waals surface area contributed by atoms with E-state index in [1.807, 2.05) is 26.8 Å². The fourth-order valence-electron chi connectivity index (χ4n) is 2.12. The highest BCUT2D eigenvalue weighted by atomic mass is 16.2. The molecule has 0 radical (unpaired) electrons. The first-order valence-corrected chi connectivity index (χ1v) is 7.90. The molecule has 0 saturated heterocycles. The van der Waals surface area contributed by atoms with Gasteiger partial charge in [0.05, 0.1) is 6.04 Å². The van der Waals surface area contributed by atoms with Crippen LogP contribution in [0.15, 0.2) is 18.2 Å². The summed E-state index contributed by atoms with van der Waals surface area (Å²) in [5.74, 6) is -0.192. The number of nitrogens with two attached hydrogens (primary N) is 1. The van der Waals surface area contributed by atoms with E-state index in [2.05, 4.69) is 10.6 Å². The van der Waals surface area contributed by atoms with Crippen molar-refractivity contribution in [3.63, 3.8) is 0 Å². The standard InChI is InChI=1S/C17H25N3O2/c1-4-10(2)15(18)17(22)20-14-9-12(6-5-11(14)3)16(21)19-13-7-8-13/h5-6,9-10,13,15H,4,7-8,18H2,1-3H3,(H,19,21)(H,20,22). The predicted octanol–water partition coefficient (Wildman–Crippen LogP) is 2.20. The summed E-state index contributed by atoms with van der Waals surface area (Å²) < 4.78 is 0. The topological polar surface area (TPSA) is 84.2 Å². The van der Waals surface area contributed by atoms with Gasteiger partial charge >= 0.3 is 0 Å². The molecule has 2 rings (SSSR count). The summed E-state index contributed by atoms with van der Waals surface area (Å²) in [6.45, 7) is 5.86. The van der Waals surface area contributed by atoms with Crippen molar-refractivity contribution in [2.45, 2.75) is 52.1 Å². The van der Waals surface area contributed by atoms with Crippen molar-refractivity contribution in [3.8, 4) is 0 Å². The molecular formula is C17H25N3O2. The molecule has 1 aromatic rings. The fraction of sp³-hybridized carbons (Fsp3) is 0.529. The summed E-state index contributed by atoms with van der Waals surface area (Å²) in [5, 5.41) is 5.79. The van der Waals surface area contributed by atoms with Gasteiger partial charge < -0.3 is 16.4 Å². The number of carbonyl (C=O) groups is 2. The summed E-state index contributed by atoms with van der Waals surface area (Å²) >= 11 is 0. The zero-order chi connectivity index (χ0) is 16.3. The summed E-state index contributed by atoms with van der Waals surface area (Å²) in [4.78, 5) is 24.3. The summed E-state index contributed by atoms with van der Waals surface area (Å²) in [6, 6.07) is 5.09. The summed E-state index contributed by atoms with van der Waals surface area (Å²) in [5.41, 5.74) is 8.07. The van der Waals surface area contributed by atoms with E-state index in [4.69, 9.17) is 5.73 Å². The molecule has 5 nitrogen and oxygen atoms in total. The number of benzene rings is 1. The molecule has 0 aromatic heterocycles. The van der Waals surface area contributed by atoms with Gasteiger partial charge in [0, 0.05) is 17.3 Å². The minimum Gasteiger partial charge on any atom is -0.349 e. The molecule has 1 saturated carbocycles. The van der Waals surface area contributed by atoms with Crippen molar-refractivity contribution in [3.05, 3.63) is 29.3 Å². The minimum absolute atomic E-state index is 0.0933. The monoisotopic (exact) mass is 303 g/mol. The van der Waals surface area contributed by atoms with Crippen LogP contribution >= 0.6 is 0 Å². The lowest BCUT2D eigenvalue weighted by atomic mass is 9.99. The molecule has 22 heavy (non-hydrogen) atoms. The van der Waals surface area contributed by atoms with E-state index in [-0.39, 0.29) is 17.7 Å². The maximum atomic E-state index is 12.2. The van der Waals surface area contributed by atoms with Crippen LogP contribution in [0.1, 0.15) is 49.0 Å². The average Bonchev–Trinajstić information content (AvgIpc) is 3.31. The molecule has 120 valence electrons. The number of nitrogens with one attached hydrogen (secondary N) is 2. The molecule has 1 aromatic carbocycles. The van der Waals surface area contributed by atoms with E-state index in [9.17, 15) is 9.59 Å². The van der Waals surface area contributed by atoms with E-state index in [1.54, 1.807) is 12.1 Å². The zero-order valence-corrected chi connectivity index (χ0v) is 13.5. The molecule has 1 fully saturated rings. The Morgan fingerprint density at radius 1 is 1.36 bits per heavy atom. The summed E-state index contributed by atoms with van der Waals surface area (Å²) in [6.07, 6.45) is 2.94. The Morgan fingerprint density at radius 3 is 2.64 bits per heavy atom. The van der Waals surface area contributed by atoms with Crippen LogP contribution in [-0.4, -0.2) is 23.9 Å². The van der Waals surface area contributed by atoms with Gasteiger partial charge in [-0.15, -0.1) is 0 Å². The van der Waals surface area contributed by atoms with Gasteiger partial charge in [0.15, 0.2) is 0 Å². The van der Waals surface area contributed by atoms with Crippen LogP contribution in [0.25, 0.3) is 0 Å². The Morgan fingerprint density at radius 2 is 2.05 bits per heavy atom. The van der Waals surface area contributed by atoms with E-state index in [1.165, 1.54) is 0 Å². The Kier molecular flexibility index (Phi) is 5.19. The largest absolute Gasteiger partial charge is 0.349 e. The zero-order valence-electron chi connectivity index (χ0n) is 13.5. The highest BCUT2D eigenvalue weighted by molar-refractivity contribution is 5.99. The molecule has 0 spiro atoms. The second kappa shape index (κ2) is 6.92. The first-order chi connectivity index (χ1) is 10.4.